The van der Waals surface area contributed by atoms with E-state index in [2.05, 4.69) is 10.3 Å². The van der Waals surface area contributed by atoms with Gasteiger partial charge in [-0.3, -0.25) is 0 Å². The van der Waals surface area contributed by atoms with Gasteiger partial charge in [0.1, 0.15) is 0 Å². The van der Waals surface area contributed by atoms with E-state index in [1.165, 1.54) is 0 Å². The number of aromatic nitrogens is 3. The lowest BCUT2D eigenvalue weighted by Gasteiger charge is -2.19. The fraction of sp³-hybridized carbons (Fsp3) is 0.778. The molecule has 0 spiro atoms. The summed E-state index contributed by atoms with van der Waals surface area (Å²) >= 11 is 5.60. The lowest BCUT2D eigenvalue weighted by atomic mass is 10.2. The quantitative estimate of drug-likeness (QED) is 0.723. The Morgan fingerprint density at radius 2 is 2.21 bits per heavy atom. The predicted octanol–water partition coefficient (Wildman–Crippen LogP) is 1.83. The molecule has 0 aliphatic rings. The highest BCUT2D eigenvalue weighted by atomic mass is 35.5. The van der Waals surface area contributed by atoms with Crippen LogP contribution in [0.15, 0.2) is 6.20 Å². The van der Waals surface area contributed by atoms with E-state index >= 15 is 0 Å². The first-order chi connectivity index (χ1) is 6.51. The Hall–Kier alpha value is -0.610. The zero-order valence-corrected chi connectivity index (χ0v) is 9.58. The van der Waals surface area contributed by atoms with E-state index in [1.54, 1.807) is 4.68 Å². The van der Waals surface area contributed by atoms with Crippen molar-refractivity contribution in [2.45, 2.75) is 38.8 Å². The van der Waals surface area contributed by atoms with Gasteiger partial charge in [0, 0.05) is 6.20 Å². The van der Waals surface area contributed by atoms with Gasteiger partial charge in [-0.1, -0.05) is 5.21 Å². The maximum Gasteiger partial charge on any atom is 0.0974 e. The smallest absolute Gasteiger partial charge is 0.0974 e. The summed E-state index contributed by atoms with van der Waals surface area (Å²) in [5.41, 5.74) is 0.693. The number of hydrogen-bond donors (Lipinski definition) is 0. The Balaban J connectivity index is 2.31. The third-order valence-electron chi connectivity index (χ3n) is 1.58. The largest absolute Gasteiger partial charge is 0.374 e. The molecule has 0 aliphatic carbocycles. The van der Waals surface area contributed by atoms with Gasteiger partial charge in [-0.15, -0.1) is 16.7 Å². The predicted molar refractivity (Wildman–Crippen MR) is 55.3 cm³/mol. The van der Waals surface area contributed by atoms with Gasteiger partial charge in [-0.2, -0.15) is 0 Å². The van der Waals surface area contributed by atoms with Crippen LogP contribution >= 0.6 is 11.6 Å². The third-order valence-corrected chi connectivity index (χ3v) is 1.85. The lowest BCUT2D eigenvalue weighted by molar-refractivity contribution is -0.00805. The fourth-order valence-corrected chi connectivity index (χ4v) is 1.08. The van der Waals surface area contributed by atoms with Gasteiger partial charge in [0.25, 0.3) is 0 Å². The zero-order chi connectivity index (χ0) is 10.6. The van der Waals surface area contributed by atoms with Gasteiger partial charge in [-0.05, 0) is 20.8 Å². The molecule has 0 atom stereocenters. The average Bonchev–Trinajstić information content (AvgIpc) is 2.50. The maximum absolute atomic E-state index is 5.60. The summed E-state index contributed by atoms with van der Waals surface area (Å²) in [5.74, 6) is 0.403. The highest BCUT2D eigenvalue weighted by molar-refractivity contribution is 6.16. The summed E-state index contributed by atoms with van der Waals surface area (Å²) in [6.45, 7) is 7.42. The van der Waals surface area contributed by atoms with Crippen LogP contribution in [-0.2, 0) is 17.2 Å². The highest BCUT2D eigenvalue weighted by Gasteiger charge is 2.09. The van der Waals surface area contributed by atoms with Crippen molar-refractivity contribution in [2.75, 3.05) is 6.61 Å². The average molecular weight is 218 g/mol. The van der Waals surface area contributed by atoms with Crippen LogP contribution in [0.5, 0.6) is 0 Å². The maximum atomic E-state index is 5.60. The van der Waals surface area contributed by atoms with Crippen molar-refractivity contribution in [3.63, 3.8) is 0 Å². The van der Waals surface area contributed by atoms with E-state index in [-0.39, 0.29) is 5.60 Å². The van der Waals surface area contributed by atoms with Gasteiger partial charge in [0.2, 0.25) is 0 Å². The number of halogens is 1. The molecule has 0 saturated heterocycles. The minimum absolute atomic E-state index is 0.101. The first-order valence-electron chi connectivity index (χ1n) is 4.60. The Bertz CT molecular complexity index is 280. The van der Waals surface area contributed by atoms with E-state index in [1.807, 2.05) is 27.0 Å². The van der Waals surface area contributed by atoms with Gasteiger partial charge in [0.05, 0.1) is 30.3 Å². The third kappa shape index (κ3) is 4.07. The Morgan fingerprint density at radius 3 is 2.71 bits per heavy atom. The molecule has 80 valence electrons. The molecule has 1 rings (SSSR count). The van der Waals surface area contributed by atoms with Crippen molar-refractivity contribution < 1.29 is 4.74 Å². The van der Waals surface area contributed by atoms with E-state index in [9.17, 15) is 0 Å². The molecule has 14 heavy (non-hydrogen) atoms. The number of ether oxygens (including phenoxy) is 1. The van der Waals surface area contributed by atoms with Crippen LogP contribution in [-0.4, -0.2) is 27.2 Å². The molecule has 4 nitrogen and oxygen atoms in total. The van der Waals surface area contributed by atoms with Crippen molar-refractivity contribution in [1.82, 2.24) is 15.0 Å². The lowest BCUT2D eigenvalue weighted by Crippen LogP contribution is -2.22. The molecule has 1 aromatic rings. The van der Waals surface area contributed by atoms with E-state index in [0.717, 1.165) is 5.69 Å². The summed E-state index contributed by atoms with van der Waals surface area (Å²) in [5, 5.41) is 7.78. The molecular weight excluding hydrogens is 202 g/mol. The van der Waals surface area contributed by atoms with Crippen LogP contribution in [0, 0.1) is 0 Å². The Morgan fingerprint density at radius 1 is 1.50 bits per heavy atom. The van der Waals surface area contributed by atoms with Crippen molar-refractivity contribution in [2.24, 2.45) is 0 Å². The molecule has 0 fully saturated rings. The van der Waals surface area contributed by atoms with Crippen LogP contribution in [0.2, 0.25) is 0 Å². The highest BCUT2D eigenvalue weighted by Crippen LogP contribution is 2.06. The first kappa shape index (κ1) is 11.5. The van der Waals surface area contributed by atoms with E-state index in [4.69, 9.17) is 16.3 Å². The zero-order valence-electron chi connectivity index (χ0n) is 8.83. The second-order valence-corrected chi connectivity index (χ2v) is 4.33. The molecule has 0 unspecified atom stereocenters. The summed E-state index contributed by atoms with van der Waals surface area (Å²) in [4.78, 5) is 0. The second kappa shape index (κ2) is 4.75. The molecule has 1 heterocycles. The molecule has 0 N–H and O–H groups in total. The fourth-order valence-electron chi connectivity index (χ4n) is 0.954. The molecule has 0 aliphatic heterocycles. The molecule has 0 aromatic carbocycles. The van der Waals surface area contributed by atoms with Crippen molar-refractivity contribution >= 4 is 11.6 Å². The Labute approximate surface area is 89.2 Å². The minimum Gasteiger partial charge on any atom is -0.374 e. The van der Waals surface area contributed by atoms with Crippen molar-refractivity contribution in [3.05, 3.63) is 11.9 Å². The monoisotopic (exact) mass is 217 g/mol. The molecule has 0 radical (unpaired) electrons. The Kier molecular flexibility index (Phi) is 3.89. The topological polar surface area (TPSA) is 39.9 Å². The van der Waals surface area contributed by atoms with Crippen molar-refractivity contribution in [3.8, 4) is 0 Å². The molecule has 5 heteroatoms. The van der Waals surface area contributed by atoms with Crippen LogP contribution < -0.4 is 0 Å². The van der Waals surface area contributed by atoms with Crippen LogP contribution in [0.25, 0.3) is 0 Å². The first-order valence-corrected chi connectivity index (χ1v) is 5.13. The van der Waals surface area contributed by atoms with Gasteiger partial charge in [0.15, 0.2) is 0 Å². The van der Waals surface area contributed by atoms with Crippen LogP contribution in [0.4, 0.5) is 0 Å². The standard InChI is InChI=1S/C9H16ClN3O/c1-9(2,3)14-5-4-13-7-8(6-10)11-12-13/h7H,4-6H2,1-3H3. The molecular formula is C9H16ClN3O. The molecule has 1 aromatic heterocycles. The SMILES string of the molecule is CC(C)(C)OCCn1cc(CCl)nn1. The van der Waals surface area contributed by atoms with Crippen molar-refractivity contribution in [1.29, 1.82) is 0 Å². The summed E-state index contributed by atoms with van der Waals surface area (Å²) in [7, 11) is 0. The second-order valence-electron chi connectivity index (χ2n) is 4.07. The summed E-state index contributed by atoms with van der Waals surface area (Å²) < 4.78 is 7.29. The molecule has 0 saturated carbocycles. The van der Waals surface area contributed by atoms with Crippen LogP contribution in [0.3, 0.4) is 0 Å². The summed E-state index contributed by atoms with van der Waals surface area (Å²) in [6, 6.07) is 0. The number of hydrogen-bond acceptors (Lipinski definition) is 3. The normalized spacial score (nSPS) is 12.0. The molecule has 0 bridgehead atoms. The van der Waals surface area contributed by atoms with Gasteiger partial charge < -0.3 is 4.74 Å². The van der Waals surface area contributed by atoms with E-state index < -0.39 is 0 Å². The van der Waals surface area contributed by atoms with E-state index in [0.29, 0.717) is 19.0 Å². The number of alkyl halides is 1. The van der Waals surface area contributed by atoms with Gasteiger partial charge in [-0.25, -0.2) is 4.68 Å². The number of nitrogens with zero attached hydrogens (tertiary/aromatic N) is 3. The molecule has 0 amide bonds. The number of rotatable bonds is 4. The van der Waals surface area contributed by atoms with Gasteiger partial charge >= 0.3 is 0 Å². The van der Waals surface area contributed by atoms with Crippen LogP contribution in [0.1, 0.15) is 26.5 Å². The minimum atomic E-state index is -0.101. The summed E-state index contributed by atoms with van der Waals surface area (Å²) in [6.07, 6.45) is 1.83.